The number of hydrogen-bond donors (Lipinski definition) is 0. The highest BCUT2D eigenvalue weighted by Crippen LogP contribution is 2.32. The van der Waals surface area contributed by atoms with E-state index >= 15 is 0 Å². The number of fused-ring (bicyclic) bond motifs is 1. The van der Waals surface area contributed by atoms with Crippen molar-refractivity contribution in [3.05, 3.63) is 24.3 Å². The van der Waals surface area contributed by atoms with E-state index in [1.165, 1.54) is 11.1 Å². The van der Waals surface area contributed by atoms with E-state index in [1.807, 2.05) is 0 Å². The third-order valence-electron chi connectivity index (χ3n) is 1.11. The Morgan fingerprint density at radius 3 is 1.75 bits per heavy atom. The second kappa shape index (κ2) is 1.67. The molecule has 2 rings (SSSR count). The molecule has 0 bridgehead atoms. The van der Waals surface area contributed by atoms with Crippen molar-refractivity contribution < 1.29 is 0 Å². The zero-order valence-corrected chi connectivity index (χ0v) is 4.33. The van der Waals surface area contributed by atoms with Gasteiger partial charge in [0.05, 0.1) is 0 Å². The van der Waals surface area contributed by atoms with Crippen molar-refractivity contribution in [3.63, 3.8) is 0 Å². The van der Waals surface area contributed by atoms with Crippen molar-refractivity contribution in [1.29, 1.82) is 5.26 Å². The molecular weight excluding hydrogens is 98.1 g/mol. The molecule has 0 radical (unpaired) electrons. The van der Waals surface area contributed by atoms with Crippen molar-refractivity contribution in [2.45, 2.75) is 0 Å². The summed E-state index contributed by atoms with van der Waals surface area (Å²) in [6.45, 7) is 3.50. The van der Waals surface area contributed by atoms with Crippen LogP contribution >= 0.6 is 0 Å². The van der Waals surface area contributed by atoms with Crippen molar-refractivity contribution in [1.82, 2.24) is 0 Å². The van der Waals surface area contributed by atoms with Gasteiger partial charge in [0.25, 0.3) is 0 Å². The SMILES string of the molecule is C#N.c1cc2cc-2c1. The normalized spacial score (nSPS) is 8.75. The van der Waals surface area contributed by atoms with Crippen molar-refractivity contribution >= 4 is 0 Å². The van der Waals surface area contributed by atoms with Gasteiger partial charge in [-0.15, -0.1) is 0 Å². The van der Waals surface area contributed by atoms with Crippen LogP contribution in [0, 0.1) is 11.8 Å². The lowest BCUT2D eigenvalue weighted by molar-refractivity contribution is 1.58. The largest absolute Gasteiger partial charge is 0.202 e. The van der Waals surface area contributed by atoms with Crippen LogP contribution in [0.2, 0.25) is 0 Å². The van der Waals surface area contributed by atoms with Crippen LogP contribution in [0.5, 0.6) is 0 Å². The van der Waals surface area contributed by atoms with E-state index in [4.69, 9.17) is 5.26 Å². The number of benzene rings is 1. The van der Waals surface area contributed by atoms with Gasteiger partial charge in [-0.3, -0.25) is 0 Å². The molecule has 0 aromatic heterocycles. The van der Waals surface area contributed by atoms with Crippen LogP contribution in [0.25, 0.3) is 11.1 Å². The first-order valence-electron chi connectivity index (χ1n) is 2.33. The topological polar surface area (TPSA) is 23.8 Å². The van der Waals surface area contributed by atoms with E-state index in [0.29, 0.717) is 0 Å². The highest BCUT2D eigenvalue weighted by molar-refractivity contribution is 5.80. The molecule has 0 N–H and O–H groups in total. The lowest BCUT2D eigenvalue weighted by Crippen LogP contribution is -1.23. The van der Waals surface area contributed by atoms with Crippen molar-refractivity contribution in [2.75, 3.05) is 0 Å². The maximum Gasteiger partial charge on any atom is 0.0462 e. The lowest BCUT2D eigenvalue weighted by atomic mass is 10.6. The Labute approximate surface area is 48.2 Å². The van der Waals surface area contributed by atoms with Crippen LogP contribution in [0.3, 0.4) is 0 Å². The van der Waals surface area contributed by atoms with Crippen LogP contribution in [0.1, 0.15) is 0 Å². The predicted molar refractivity (Wildman–Crippen MR) is 32.1 cm³/mol. The molecule has 0 saturated heterocycles. The maximum absolute atomic E-state index is 6.50. The molecule has 0 aromatic carbocycles. The number of rotatable bonds is 0. The summed E-state index contributed by atoms with van der Waals surface area (Å²) in [5, 5.41) is 6.50. The van der Waals surface area contributed by atoms with Crippen LogP contribution in [-0.2, 0) is 0 Å². The van der Waals surface area contributed by atoms with E-state index in [0.717, 1.165) is 0 Å². The fourth-order valence-electron chi connectivity index (χ4n) is 0.676. The molecule has 0 spiro atoms. The molecule has 0 aliphatic heterocycles. The molecule has 0 atom stereocenters. The Balaban J connectivity index is 0.000000147. The highest BCUT2D eigenvalue weighted by Gasteiger charge is 2.06. The maximum atomic E-state index is 6.50. The van der Waals surface area contributed by atoms with Crippen LogP contribution in [-0.4, -0.2) is 0 Å². The fraction of sp³-hybridized carbons (Fsp3) is 0. The van der Waals surface area contributed by atoms with Crippen molar-refractivity contribution in [2.24, 2.45) is 0 Å². The second-order valence-electron chi connectivity index (χ2n) is 1.58. The fourth-order valence-corrected chi connectivity index (χ4v) is 0.676. The number of nitriles is 1. The molecule has 0 saturated carbocycles. The Kier molecular flexibility index (Phi) is 1.01. The first-order chi connectivity index (χ1) is 3.97. The van der Waals surface area contributed by atoms with Gasteiger partial charge in [-0.25, -0.2) is 5.26 Å². The molecule has 1 nitrogen and oxygen atoms in total. The molecule has 2 aliphatic carbocycles. The van der Waals surface area contributed by atoms with Crippen LogP contribution in [0.15, 0.2) is 24.3 Å². The third-order valence-corrected chi connectivity index (χ3v) is 1.11. The summed E-state index contributed by atoms with van der Waals surface area (Å²) < 4.78 is 0. The molecule has 0 aromatic rings. The van der Waals surface area contributed by atoms with Gasteiger partial charge in [-0.05, 0) is 17.2 Å². The average molecular weight is 103 g/mol. The molecule has 8 heavy (non-hydrogen) atoms. The summed E-state index contributed by atoms with van der Waals surface area (Å²) in [5.74, 6) is 0. The number of hydrogen-bond acceptors (Lipinski definition) is 1. The first-order valence-corrected chi connectivity index (χ1v) is 2.33. The Morgan fingerprint density at radius 1 is 1.12 bits per heavy atom. The summed E-state index contributed by atoms with van der Waals surface area (Å²) in [6.07, 6.45) is 0. The van der Waals surface area contributed by atoms with Gasteiger partial charge < -0.3 is 0 Å². The van der Waals surface area contributed by atoms with Gasteiger partial charge in [-0.2, -0.15) is 0 Å². The van der Waals surface area contributed by atoms with Gasteiger partial charge in [-0.1, -0.05) is 18.2 Å². The minimum atomic E-state index is 1.43. The van der Waals surface area contributed by atoms with Gasteiger partial charge in [0, 0.05) is 6.57 Å². The summed E-state index contributed by atoms with van der Waals surface area (Å²) in [7, 11) is 0. The quantitative estimate of drug-likeness (QED) is 0.498. The molecule has 0 unspecified atom stereocenters. The van der Waals surface area contributed by atoms with Crippen molar-refractivity contribution in [3.8, 4) is 17.7 Å². The molecule has 0 amide bonds. The summed E-state index contributed by atoms with van der Waals surface area (Å²) in [6, 6.07) is 8.48. The van der Waals surface area contributed by atoms with Crippen LogP contribution < -0.4 is 0 Å². The van der Waals surface area contributed by atoms with E-state index in [-0.39, 0.29) is 0 Å². The highest BCUT2D eigenvalue weighted by atomic mass is 14.2. The zero-order chi connectivity index (χ0) is 5.98. The van der Waals surface area contributed by atoms with Gasteiger partial charge in [0.15, 0.2) is 0 Å². The van der Waals surface area contributed by atoms with E-state index < -0.39 is 0 Å². The van der Waals surface area contributed by atoms with Gasteiger partial charge in [0.2, 0.25) is 0 Å². The standard InChI is InChI=1S/C6H4.CHN/c1-2-5-4-6(5)3-1;1-2/h1-4H;1H. The average Bonchev–Trinajstić information content (AvgIpc) is 2.46. The monoisotopic (exact) mass is 103 g/mol. The minimum Gasteiger partial charge on any atom is -0.202 e. The first kappa shape index (κ1) is 4.86. The summed E-state index contributed by atoms with van der Waals surface area (Å²) in [5.41, 5.74) is 2.85. The molecule has 0 heterocycles. The van der Waals surface area contributed by atoms with Crippen LogP contribution in [0.4, 0.5) is 0 Å². The lowest BCUT2D eigenvalue weighted by Gasteiger charge is -1.48. The summed E-state index contributed by atoms with van der Waals surface area (Å²) in [4.78, 5) is 0. The van der Waals surface area contributed by atoms with E-state index in [1.54, 1.807) is 0 Å². The van der Waals surface area contributed by atoms with E-state index in [9.17, 15) is 0 Å². The third kappa shape index (κ3) is 0.565. The Morgan fingerprint density at radius 2 is 1.62 bits per heavy atom. The minimum absolute atomic E-state index is 1.43. The Bertz CT molecular complexity index is 195. The summed E-state index contributed by atoms with van der Waals surface area (Å²) >= 11 is 0. The molecular formula is C7H5N. The molecule has 1 heteroatoms. The smallest absolute Gasteiger partial charge is 0.0462 e. The molecule has 38 valence electrons. The predicted octanol–water partition coefficient (Wildman–Crippen LogP) is 1.81. The zero-order valence-electron chi connectivity index (χ0n) is 4.33. The molecule has 2 aliphatic rings. The van der Waals surface area contributed by atoms with Gasteiger partial charge in [0.1, 0.15) is 0 Å². The number of nitrogens with zero attached hydrogens (tertiary/aromatic N) is 1. The second-order valence-corrected chi connectivity index (χ2v) is 1.58. The van der Waals surface area contributed by atoms with E-state index in [2.05, 4.69) is 30.8 Å². The molecule has 0 fully saturated rings. The Hall–Kier alpha value is -1.29. The van der Waals surface area contributed by atoms with Gasteiger partial charge >= 0.3 is 0 Å².